The second-order valence-corrected chi connectivity index (χ2v) is 4.55. The maximum atomic E-state index is 11.9. The number of hydrogen-bond donors (Lipinski definition) is 0. The minimum absolute atomic E-state index is 0.300. The molecule has 0 unspecified atom stereocenters. The van der Waals surface area contributed by atoms with Crippen LogP contribution >= 0.6 is 0 Å². The zero-order valence-corrected chi connectivity index (χ0v) is 10.7. The molecule has 1 aromatic rings. The van der Waals surface area contributed by atoms with Crippen LogP contribution in [0.5, 0.6) is 0 Å². The summed E-state index contributed by atoms with van der Waals surface area (Å²) in [6.07, 6.45) is 5.36. The molecule has 0 aromatic heterocycles. The van der Waals surface area contributed by atoms with E-state index in [2.05, 4.69) is 19.9 Å². The van der Waals surface area contributed by atoms with Gasteiger partial charge in [0.15, 0.2) is 5.78 Å². The number of hydrogen-bond acceptors (Lipinski definition) is 1. The number of aryl methyl sites for hydroxylation is 2. The van der Waals surface area contributed by atoms with Crippen molar-refractivity contribution in [1.29, 1.82) is 0 Å². The molecule has 1 aromatic carbocycles. The topological polar surface area (TPSA) is 17.1 Å². The number of benzene rings is 1. The Bertz CT molecular complexity index is 352. The van der Waals surface area contributed by atoms with Gasteiger partial charge in [-0.15, -0.1) is 0 Å². The molecule has 0 N–H and O–H groups in total. The molecule has 0 heterocycles. The van der Waals surface area contributed by atoms with Gasteiger partial charge >= 0.3 is 0 Å². The fraction of sp³-hybridized carbons (Fsp3) is 0.533. The average Bonchev–Trinajstić information content (AvgIpc) is 2.24. The molecule has 0 aliphatic rings. The second kappa shape index (κ2) is 6.47. The fourth-order valence-corrected chi connectivity index (χ4v) is 1.97. The highest BCUT2D eigenvalue weighted by molar-refractivity contribution is 5.97. The van der Waals surface area contributed by atoms with Crippen LogP contribution in [0.1, 0.15) is 60.5 Å². The molecule has 0 spiro atoms. The largest absolute Gasteiger partial charge is 0.294 e. The molecule has 0 saturated heterocycles. The zero-order valence-electron chi connectivity index (χ0n) is 10.7. The van der Waals surface area contributed by atoms with Gasteiger partial charge in [-0.1, -0.05) is 49.9 Å². The van der Waals surface area contributed by atoms with Crippen LogP contribution in [0.2, 0.25) is 0 Å². The van der Waals surface area contributed by atoms with E-state index >= 15 is 0 Å². The second-order valence-electron chi connectivity index (χ2n) is 4.55. The highest BCUT2D eigenvalue weighted by Gasteiger charge is 2.08. The molecule has 1 rings (SSSR count). The first-order valence-electron chi connectivity index (χ1n) is 6.25. The highest BCUT2D eigenvalue weighted by atomic mass is 16.1. The van der Waals surface area contributed by atoms with Crippen molar-refractivity contribution in [1.82, 2.24) is 0 Å². The highest BCUT2D eigenvalue weighted by Crippen LogP contribution is 2.14. The third kappa shape index (κ3) is 3.80. The number of carbonyl (C=O) groups is 1. The summed E-state index contributed by atoms with van der Waals surface area (Å²) in [6, 6.07) is 6.07. The van der Waals surface area contributed by atoms with Gasteiger partial charge in [0, 0.05) is 12.0 Å². The van der Waals surface area contributed by atoms with Crippen LogP contribution in [0.3, 0.4) is 0 Å². The van der Waals surface area contributed by atoms with Crippen molar-refractivity contribution in [3.05, 3.63) is 34.9 Å². The summed E-state index contributed by atoms with van der Waals surface area (Å²) in [6.45, 7) is 6.26. The van der Waals surface area contributed by atoms with Crippen LogP contribution in [0, 0.1) is 13.8 Å². The first-order chi connectivity index (χ1) is 7.65. The normalized spacial score (nSPS) is 10.4. The van der Waals surface area contributed by atoms with Crippen molar-refractivity contribution in [2.45, 2.75) is 52.9 Å². The van der Waals surface area contributed by atoms with E-state index in [0.717, 1.165) is 17.5 Å². The summed E-state index contributed by atoms with van der Waals surface area (Å²) in [5, 5.41) is 0. The van der Waals surface area contributed by atoms with Crippen molar-refractivity contribution in [3.63, 3.8) is 0 Å². The maximum Gasteiger partial charge on any atom is 0.163 e. The third-order valence-electron chi connectivity index (χ3n) is 2.94. The van der Waals surface area contributed by atoms with E-state index in [1.165, 1.54) is 24.8 Å². The van der Waals surface area contributed by atoms with E-state index < -0.39 is 0 Å². The Balaban J connectivity index is 2.53. The standard InChI is InChI=1S/C15H22O/c1-4-5-6-7-8-15(16)14-10-9-12(2)11-13(14)3/h9-11H,4-8H2,1-3H3. The number of Topliss-reactive ketones (excluding diaryl/α,β-unsaturated/α-hetero) is 1. The van der Waals surface area contributed by atoms with Crippen molar-refractivity contribution < 1.29 is 4.79 Å². The molecule has 0 atom stereocenters. The van der Waals surface area contributed by atoms with Crippen molar-refractivity contribution in [2.24, 2.45) is 0 Å². The van der Waals surface area contributed by atoms with Crippen LogP contribution < -0.4 is 0 Å². The van der Waals surface area contributed by atoms with E-state index in [-0.39, 0.29) is 0 Å². The van der Waals surface area contributed by atoms with Crippen molar-refractivity contribution in [2.75, 3.05) is 0 Å². The van der Waals surface area contributed by atoms with Crippen LogP contribution in [0.4, 0.5) is 0 Å². The van der Waals surface area contributed by atoms with Gasteiger partial charge in [-0.3, -0.25) is 4.79 Å². The Kier molecular flexibility index (Phi) is 5.24. The Morgan fingerprint density at radius 2 is 1.88 bits per heavy atom. The van der Waals surface area contributed by atoms with Crippen LogP contribution in [-0.4, -0.2) is 5.78 Å². The molecule has 0 aliphatic carbocycles. The predicted molar refractivity (Wildman–Crippen MR) is 69.0 cm³/mol. The summed E-state index contributed by atoms with van der Waals surface area (Å²) in [5.41, 5.74) is 3.24. The Labute approximate surface area is 98.9 Å². The molecule has 1 heteroatoms. The van der Waals surface area contributed by atoms with Crippen LogP contribution in [0.15, 0.2) is 18.2 Å². The summed E-state index contributed by atoms with van der Waals surface area (Å²) < 4.78 is 0. The van der Waals surface area contributed by atoms with E-state index in [4.69, 9.17) is 0 Å². The lowest BCUT2D eigenvalue weighted by Crippen LogP contribution is -2.01. The van der Waals surface area contributed by atoms with E-state index in [1.807, 2.05) is 19.1 Å². The molecule has 16 heavy (non-hydrogen) atoms. The van der Waals surface area contributed by atoms with Gasteiger partial charge < -0.3 is 0 Å². The molecular formula is C15H22O. The summed E-state index contributed by atoms with van der Waals surface area (Å²) in [5.74, 6) is 0.300. The first-order valence-corrected chi connectivity index (χ1v) is 6.25. The molecule has 0 amide bonds. The van der Waals surface area contributed by atoms with Gasteiger partial charge in [0.2, 0.25) is 0 Å². The molecule has 0 fully saturated rings. The minimum Gasteiger partial charge on any atom is -0.294 e. The monoisotopic (exact) mass is 218 g/mol. The smallest absolute Gasteiger partial charge is 0.163 e. The van der Waals surface area contributed by atoms with Gasteiger partial charge in [0.05, 0.1) is 0 Å². The number of ketones is 1. The van der Waals surface area contributed by atoms with Crippen LogP contribution in [-0.2, 0) is 0 Å². The van der Waals surface area contributed by atoms with Gasteiger partial charge in [-0.05, 0) is 25.8 Å². The number of carbonyl (C=O) groups excluding carboxylic acids is 1. The molecule has 0 bridgehead atoms. The number of rotatable bonds is 6. The summed E-state index contributed by atoms with van der Waals surface area (Å²) in [7, 11) is 0. The fourth-order valence-electron chi connectivity index (χ4n) is 1.97. The Morgan fingerprint density at radius 1 is 1.12 bits per heavy atom. The molecular weight excluding hydrogens is 196 g/mol. The van der Waals surface area contributed by atoms with E-state index in [1.54, 1.807) is 0 Å². The minimum atomic E-state index is 0.300. The predicted octanol–water partition coefficient (Wildman–Crippen LogP) is 4.46. The van der Waals surface area contributed by atoms with Gasteiger partial charge in [0.25, 0.3) is 0 Å². The van der Waals surface area contributed by atoms with Gasteiger partial charge in [0.1, 0.15) is 0 Å². The maximum absolute atomic E-state index is 11.9. The van der Waals surface area contributed by atoms with E-state index in [9.17, 15) is 4.79 Å². The lowest BCUT2D eigenvalue weighted by atomic mass is 9.98. The SMILES string of the molecule is CCCCCCC(=O)c1ccc(C)cc1C. The lowest BCUT2D eigenvalue weighted by Gasteiger charge is -2.05. The Hall–Kier alpha value is -1.11. The molecule has 0 saturated carbocycles. The molecule has 0 aliphatic heterocycles. The quantitative estimate of drug-likeness (QED) is 0.509. The van der Waals surface area contributed by atoms with Gasteiger partial charge in [-0.25, -0.2) is 0 Å². The van der Waals surface area contributed by atoms with E-state index in [0.29, 0.717) is 12.2 Å². The average molecular weight is 218 g/mol. The van der Waals surface area contributed by atoms with Crippen molar-refractivity contribution in [3.8, 4) is 0 Å². The van der Waals surface area contributed by atoms with Crippen LogP contribution in [0.25, 0.3) is 0 Å². The molecule has 1 nitrogen and oxygen atoms in total. The molecule has 0 radical (unpaired) electrons. The van der Waals surface area contributed by atoms with Crippen molar-refractivity contribution >= 4 is 5.78 Å². The van der Waals surface area contributed by atoms with Gasteiger partial charge in [-0.2, -0.15) is 0 Å². The molecule has 88 valence electrons. The first kappa shape index (κ1) is 13.0. The summed E-state index contributed by atoms with van der Waals surface area (Å²) >= 11 is 0. The Morgan fingerprint density at radius 3 is 2.50 bits per heavy atom. The lowest BCUT2D eigenvalue weighted by molar-refractivity contribution is 0.0978. The zero-order chi connectivity index (χ0) is 12.0. The third-order valence-corrected chi connectivity index (χ3v) is 2.94. The number of unbranched alkanes of at least 4 members (excludes halogenated alkanes) is 3. The summed E-state index contributed by atoms with van der Waals surface area (Å²) in [4.78, 5) is 11.9.